The number of hydrogen-bond donors (Lipinski definition) is 1. The summed E-state index contributed by atoms with van der Waals surface area (Å²) in [5.41, 5.74) is 7.88. The Morgan fingerprint density at radius 3 is 2.37 bits per heavy atom. The molecule has 0 unspecified atom stereocenters. The first-order valence-corrected chi connectivity index (χ1v) is 6.28. The number of rotatable bonds is 3. The monoisotopic (exact) mass is 251 g/mol. The van der Waals surface area contributed by atoms with E-state index >= 15 is 0 Å². The molecule has 0 amide bonds. The van der Waals surface area contributed by atoms with Crippen molar-refractivity contribution in [3.8, 4) is 17.6 Å². The van der Waals surface area contributed by atoms with Crippen molar-refractivity contribution in [2.75, 3.05) is 6.61 Å². The van der Waals surface area contributed by atoms with Gasteiger partial charge in [-0.25, -0.2) is 0 Å². The van der Waals surface area contributed by atoms with Gasteiger partial charge in [-0.3, -0.25) is 0 Å². The van der Waals surface area contributed by atoms with E-state index < -0.39 is 0 Å². The lowest BCUT2D eigenvalue weighted by molar-refractivity contribution is 0.370. The van der Waals surface area contributed by atoms with Gasteiger partial charge in [0.15, 0.2) is 0 Å². The Morgan fingerprint density at radius 2 is 1.74 bits per heavy atom. The molecule has 19 heavy (non-hydrogen) atoms. The van der Waals surface area contributed by atoms with E-state index in [2.05, 4.69) is 11.8 Å². The van der Waals surface area contributed by atoms with E-state index in [4.69, 9.17) is 10.5 Å². The second-order valence-corrected chi connectivity index (χ2v) is 4.31. The summed E-state index contributed by atoms with van der Waals surface area (Å²) in [6.45, 7) is 2.34. The van der Waals surface area contributed by atoms with Crippen LogP contribution in [0.25, 0.3) is 0 Å². The molecule has 0 spiro atoms. The fourth-order valence-electron chi connectivity index (χ4n) is 1.65. The van der Waals surface area contributed by atoms with E-state index in [0.717, 1.165) is 16.9 Å². The molecular weight excluding hydrogens is 234 g/mol. The first kappa shape index (κ1) is 13.2. The molecule has 0 heterocycles. The van der Waals surface area contributed by atoms with Crippen molar-refractivity contribution >= 4 is 0 Å². The normalized spacial score (nSPS) is 11.3. The Bertz CT molecular complexity index is 562. The van der Waals surface area contributed by atoms with Gasteiger partial charge in [0, 0.05) is 11.6 Å². The Kier molecular flexibility index (Phi) is 4.60. The van der Waals surface area contributed by atoms with Gasteiger partial charge in [0.1, 0.15) is 12.4 Å². The van der Waals surface area contributed by atoms with Gasteiger partial charge in [0.2, 0.25) is 0 Å². The highest BCUT2D eigenvalue weighted by molar-refractivity contribution is 5.34. The molecule has 2 aromatic rings. The van der Waals surface area contributed by atoms with Crippen LogP contribution in [0.1, 0.15) is 24.1 Å². The average molecular weight is 251 g/mol. The Labute approximate surface area is 114 Å². The molecule has 0 saturated heterocycles. The summed E-state index contributed by atoms with van der Waals surface area (Å²) in [5.74, 6) is 6.85. The molecule has 96 valence electrons. The van der Waals surface area contributed by atoms with Gasteiger partial charge < -0.3 is 10.5 Å². The predicted octanol–water partition coefficient (Wildman–Crippen LogP) is 3.14. The van der Waals surface area contributed by atoms with Crippen LogP contribution < -0.4 is 10.5 Å². The SMILES string of the molecule is C[C@H](N)c1ccc(OCC#Cc2ccccc2)cc1. The number of benzene rings is 2. The molecule has 2 aromatic carbocycles. The summed E-state index contributed by atoms with van der Waals surface area (Å²) in [4.78, 5) is 0. The molecule has 2 N–H and O–H groups in total. The lowest BCUT2D eigenvalue weighted by Gasteiger charge is -2.06. The molecular formula is C17H17NO. The minimum absolute atomic E-state index is 0.0481. The van der Waals surface area contributed by atoms with Gasteiger partial charge in [-0.1, -0.05) is 42.2 Å². The highest BCUT2D eigenvalue weighted by atomic mass is 16.5. The average Bonchev–Trinajstić information content (AvgIpc) is 2.45. The maximum atomic E-state index is 5.79. The molecule has 2 rings (SSSR count). The van der Waals surface area contributed by atoms with Crippen LogP contribution in [-0.2, 0) is 0 Å². The van der Waals surface area contributed by atoms with Crippen LogP contribution >= 0.6 is 0 Å². The smallest absolute Gasteiger partial charge is 0.149 e. The van der Waals surface area contributed by atoms with Crippen LogP contribution in [-0.4, -0.2) is 6.61 Å². The van der Waals surface area contributed by atoms with Crippen LogP contribution in [0.4, 0.5) is 0 Å². The van der Waals surface area contributed by atoms with Crippen molar-refractivity contribution in [3.05, 3.63) is 65.7 Å². The van der Waals surface area contributed by atoms with Crippen molar-refractivity contribution in [2.45, 2.75) is 13.0 Å². The number of nitrogens with two attached hydrogens (primary N) is 1. The molecule has 0 radical (unpaired) electrons. The lowest BCUT2D eigenvalue weighted by Crippen LogP contribution is -2.04. The van der Waals surface area contributed by atoms with Crippen molar-refractivity contribution in [1.82, 2.24) is 0 Å². The van der Waals surface area contributed by atoms with Crippen LogP contribution in [0.3, 0.4) is 0 Å². The van der Waals surface area contributed by atoms with Crippen LogP contribution in [0.5, 0.6) is 5.75 Å². The molecule has 0 aliphatic rings. The van der Waals surface area contributed by atoms with Crippen LogP contribution in [0.2, 0.25) is 0 Å². The molecule has 0 saturated carbocycles. The largest absolute Gasteiger partial charge is 0.481 e. The van der Waals surface area contributed by atoms with Gasteiger partial charge in [-0.05, 0) is 36.8 Å². The highest BCUT2D eigenvalue weighted by Gasteiger charge is 1.98. The molecule has 0 aliphatic heterocycles. The zero-order valence-corrected chi connectivity index (χ0v) is 11.0. The predicted molar refractivity (Wildman–Crippen MR) is 77.9 cm³/mol. The highest BCUT2D eigenvalue weighted by Crippen LogP contribution is 2.15. The van der Waals surface area contributed by atoms with E-state index in [0.29, 0.717) is 6.61 Å². The number of hydrogen-bond acceptors (Lipinski definition) is 2. The maximum absolute atomic E-state index is 5.79. The summed E-state index contributed by atoms with van der Waals surface area (Å²) >= 11 is 0. The van der Waals surface area contributed by atoms with Crippen molar-refractivity contribution in [3.63, 3.8) is 0 Å². The van der Waals surface area contributed by atoms with E-state index in [9.17, 15) is 0 Å². The van der Waals surface area contributed by atoms with Crippen molar-refractivity contribution in [1.29, 1.82) is 0 Å². The zero-order chi connectivity index (χ0) is 13.5. The fourth-order valence-corrected chi connectivity index (χ4v) is 1.65. The molecule has 0 aliphatic carbocycles. The standard InChI is InChI=1S/C17H17NO/c1-14(18)16-9-11-17(12-10-16)19-13-5-8-15-6-3-2-4-7-15/h2-4,6-7,9-12,14H,13,18H2,1H3/t14-/m0/s1. The van der Waals surface area contributed by atoms with Gasteiger partial charge in [-0.2, -0.15) is 0 Å². The van der Waals surface area contributed by atoms with Gasteiger partial charge in [-0.15, -0.1) is 0 Å². The summed E-state index contributed by atoms with van der Waals surface area (Å²) in [6, 6.07) is 17.7. The molecule has 0 bridgehead atoms. The minimum atomic E-state index is 0.0481. The van der Waals surface area contributed by atoms with Crippen LogP contribution in [0.15, 0.2) is 54.6 Å². The second kappa shape index (κ2) is 6.63. The summed E-state index contributed by atoms with van der Waals surface area (Å²) in [7, 11) is 0. The molecule has 2 heteroatoms. The minimum Gasteiger partial charge on any atom is -0.481 e. The van der Waals surface area contributed by atoms with Crippen molar-refractivity contribution < 1.29 is 4.74 Å². The third-order valence-electron chi connectivity index (χ3n) is 2.72. The Morgan fingerprint density at radius 1 is 1.05 bits per heavy atom. The summed E-state index contributed by atoms with van der Waals surface area (Å²) < 4.78 is 5.55. The Balaban J connectivity index is 1.88. The van der Waals surface area contributed by atoms with E-state index in [1.54, 1.807) is 0 Å². The van der Waals surface area contributed by atoms with Crippen LogP contribution in [0, 0.1) is 11.8 Å². The maximum Gasteiger partial charge on any atom is 0.149 e. The fraction of sp³-hybridized carbons (Fsp3) is 0.176. The third kappa shape index (κ3) is 4.17. The molecule has 0 fully saturated rings. The lowest BCUT2D eigenvalue weighted by atomic mass is 10.1. The first-order chi connectivity index (χ1) is 9.25. The molecule has 2 nitrogen and oxygen atoms in total. The van der Waals surface area contributed by atoms with E-state index in [1.807, 2.05) is 61.5 Å². The Hall–Kier alpha value is -2.24. The van der Waals surface area contributed by atoms with E-state index in [1.165, 1.54) is 0 Å². The quantitative estimate of drug-likeness (QED) is 0.851. The molecule has 0 aromatic heterocycles. The number of ether oxygens (including phenoxy) is 1. The molecule has 1 atom stereocenters. The summed E-state index contributed by atoms with van der Waals surface area (Å²) in [6.07, 6.45) is 0. The van der Waals surface area contributed by atoms with Crippen molar-refractivity contribution in [2.24, 2.45) is 5.73 Å². The van der Waals surface area contributed by atoms with Gasteiger partial charge in [0.25, 0.3) is 0 Å². The van der Waals surface area contributed by atoms with E-state index in [-0.39, 0.29) is 6.04 Å². The van der Waals surface area contributed by atoms with Gasteiger partial charge in [0.05, 0.1) is 0 Å². The topological polar surface area (TPSA) is 35.2 Å². The third-order valence-corrected chi connectivity index (χ3v) is 2.72. The summed E-state index contributed by atoms with van der Waals surface area (Å²) in [5, 5.41) is 0. The zero-order valence-electron chi connectivity index (χ0n) is 11.0. The first-order valence-electron chi connectivity index (χ1n) is 6.28. The second-order valence-electron chi connectivity index (χ2n) is 4.31. The van der Waals surface area contributed by atoms with Gasteiger partial charge >= 0.3 is 0 Å².